The molecule has 2 heterocycles. The first kappa shape index (κ1) is 10.4. The molecule has 1 aliphatic rings. The SMILES string of the molecule is Cc1cc(N2CC(C)NCC2C)ncn1. The van der Waals surface area contributed by atoms with E-state index in [1.165, 1.54) is 0 Å². The maximum atomic E-state index is 4.34. The van der Waals surface area contributed by atoms with Gasteiger partial charge >= 0.3 is 0 Å². The van der Waals surface area contributed by atoms with Crippen LogP contribution in [0, 0.1) is 6.92 Å². The van der Waals surface area contributed by atoms with Gasteiger partial charge in [0.05, 0.1) is 0 Å². The lowest BCUT2D eigenvalue weighted by Crippen LogP contribution is -2.54. The first-order chi connectivity index (χ1) is 7.16. The van der Waals surface area contributed by atoms with E-state index in [9.17, 15) is 0 Å². The molecule has 2 rings (SSSR count). The zero-order valence-corrected chi connectivity index (χ0v) is 9.57. The Morgan fingerprint density at radius 1 is 1.40 bits per heavy atom. The van der Waals surface area contributed by atoms with Gasteiger partial charge in [0.2, 0.25) is 0 Å². The summed E-state index contributed by atoms with van der Waals surface area (Å²) < 4.78 is 0. The molecule has 1 saturated heterocycles. The van der Waals surface area contributed by atoms with Crippen molar-refractivity contribution in [2.24, 2.45) is 0 Å². The maximum absolute atomic E-state index is 4.34. The van der Waals surface area contributed by atoms with Crippen LogP contribution in [0.15, 0.2) is 12.4 Å². The quantitative estimate of drug-likeness (QED) is 0.743. The standard InChI is InChI=1S/C11H18N4/c1-8-4-11(14-7-13-8)15-6-9(2)12-5-10(15)3/h4,7,9-10,12H,5-6H2,1-3H3. The Hall–Kier alpha value is -1.16. The molecule has 0 aromatic carbocycles. The summed E-state index contributed by atoms with van der Waals surface area (Å²) in [5.74, 6) is 1.04. The minimum atomic E-state index is 0.496. The first-order valence-corrected chi connectivity index (χ1v) is 5.45. The number of rotatable bonds is 1. The molecule has 0 spiro atoms. The van der Waals surface area contributed by atoms with E-state index in [2.05, 4.69) is 40.1 Å². The Bertz CT molecular complexity index is 339. The van der Waals surface area contributed by atoms with Crippen LogP contribution in [0.2, 0.25) is 0 Å². The molecule has 4 heteroatoms. The van der Waals surface area contributed by atoms with Gasteiger partial charge in [-0.2, -0.15) is 0 Å². The lowest BCUT2D eigenvalue weighted by Gasteiger charge is -2.38. The fourth-order valence-corrected chi connectivity index (χ4v) is 1.94. The van der Waals surface area contributed by atoms with Crippen molar-refractivity contribution in [2.45, 2.75) is 32.9 Å². The van der Waals surface area contributed by atoms with Crippen LogP contribution in [0.25, 0.3) is 0 Å². The fourth-order valence-electron chi connectivity index (χ4n) is 1.94. The monoisotopic (exact) mass is 206 g/mol. The largest absolute Gasteiger partial charge is 0.351 e. The highest BCUT2D eigenvalue weighted by atomic mass is 15.3. The number of aryl methyl sites for hydroxylation is 1. The highest BCUT2D eigenvalue weighted by Crippen LogP contribution is 2.16. The fraction of sp³-hybridized carbons (Fsp3) is 0.636. The average Bonchev–Trinajstić information content (AvgIpc) is 2.22. The molecule has 2 unspecified atom stereocenters. The second-order valence-corrected chi connectivity index (χ2v) is 4.33. The Kier molecular flexibility index (Phi) is 2.86. The summed E-state index contributed by atoms with van der Waals surface area (Å²) in [5.41, 5.74) is 1.03. The Labute approximate surface area is 90.7 Å². The summed E-state index contributed by atoms with van der Waals surface area (Å²) in [4.78, 5) is 10.8. The summed E-state index contributed by atoms with van der Waals surface area (Å²) >= 11 is 0. The highest BCUT2D eigenvalue weighted by Gasteiger charge is 2.23. The van der Waals surface area contributed by atoms with Crippen LogP contribution < -0.4 is 10.2 Å². The second kappa shape index (κ2) is 4.14. The van der Waals surface area contributed by atoms with Crippen molar-refractivity contribution in [3.8, 4) is 0 Å². The van der Waals surface area contributed by atoms with Crippen molar-refractivity contribution in [1.29, 1.82) is 0 Å². The van der Waals surface area contributed by atoms with Gasteiger partial charge in [0, 0.05) is 36.9 Å². The first-order valence-electron chi connectivity index (χ1n) is 5.45. The van der Waals surface area contributed by atoms with Crippen molar-refractivity contribution in [1.82, 2.24) is 15.3 Å². The van der Waals surface area contributed by atoms with Gasteiger partial charge in [-0.25, -0.2) is 9.97 Å². The Balaban J connectivity index is 2.21. The number of anilines is 1. The number of hydrogen-bond donors (Lipinski definition) is 1. The van der Waals surface area contributed by atoms with E-state index < -0.39 is 0 Å². The van der Waals surface area contributed by atoms with Gasteiger partial charge in [-0.05, 0) is 20.8 Å². The predicted octanol–water partition coefficient (Wildman–Crippen LogP) is 0.972. The highest BCUT2D eigenvalue weighted by molar-refractivity contribution is 5.41. The van der Waals surface area contributed by atoms with Gasteiger partial charge in [0.25, 0.3) is 0 Å². The zero-order valence-electron chi connectivity index (χ0n) is 9.57. The summed E-state index contributed by atoms with van der Waals surface area (Å²) in [7, 11) is 0. The van der Waals surface area contributed by atoms with Gasteiger partial charge in [0.1, 0.15) is 12.1 Å². The van der Waals surface area contributed by atoms with Crippen LogP contribution in [0.5, 0.6) is 0 Å². The smallest absolute Gasteiger partial charge is 0.132 e. The second-order valence-electron chi connectivity index (χ2n) is 4.33. The van der Waals surface area contributed by atoms with E-state index in [1.54, 1.807) is 6.33 Å². The van der Waals surface area contributed by atoms with Gasteiger partial charge in [0.15, 0.2) is 0 Å². The molecule has 1 aromatic rings. The van der Waals surface area contributed by atoms with Crippen LogP contribution >= 0.6 is 0 Å². The third-order valence-corrected chi connectivity index (χ3v) is 2.85. The molecule has 1 aromatic heterocycles. The predicted molar refractivity (Wildman–Crippen MR) is 61.0 cm³/mol. The minimum absolute atomic E-state index is 0.496. The molecule has 0 aliphatic carbocycles. The van der Waals surface area contributed by atoms with Crippen molar-refractivity contribution in [2.75, 3.05) is 18.0 Å². The van der Waals surface area contributed by atoms with E-state index in [1.807, 2.05) is 6.92 Å². The molecule has 0 radical (unpaired) electrons. The number of hydrogen-bond acceptors (Lipinski definition) is 4. The van der Waals surface area contributed by atoms with Crippen molar-refractivity contribution in [3.05, 3.63) is 18.1 Å². The molecule has 4 nitrogen and oxygen atoms in total. The normalized spacial score (nSPS) is 26.7. The minimum Gasteiger partial charge on any atom is -0.351 e. The van der Waals surface area contributed by atoms with Crippen molar-refractivity contribution < 1.29 is 0 Å². The average molecular weight is 206 g/mol. The summed E-state index contributed by atoms with van der Waals surface area (Å²) in [6, 6.07) is 3.07. The van der Waals surface area contributed by atoms with Crippen molar-refractivity contribution in [3.63, 3.8) is 0 Å². The molecular weight excluding hydrogens is 188 g/mol. The summed E-state index contributed by atoms with van der Waals surface area (Å²) in [6.45, 7) is 8.45. The molecule has 1 aliphatic heterocycles. The third-order valence-electron chi connectivity index (χ3n) is 2.85. The lowest BCUT2D eigenvalue weighted by atomic mass is 10.1. The molecule has 2 atom stereocenters. The number of nitrogens with zero attached hydrogens (tertiary/aromatic N) is 3. The van der Waals surface area contributed by atoms with E-state index in [-0.39, 0.29) is 0 Å². The number of nitrogens with one attached hydrogen (secondary N) is 1. The number of piperazine rings is 1. The van der Waals surface area contributed by atoms with Gasteiger partial charge in [-0.1, -0.05) is 0 Å². The van der Waals surface area contributed by atoms with Crippen molar-refractivity contribution >= 4 is 5.82 Å². The van der Waals surface area contributed by atoms with Crippen LogP contribution in [0.4, 0.5) is 5.82 Å². The summed E-state index contributed by atoms with van der Waals surface area (Å²) in [5, 5.41) is 3.46. The van der Waals surface area contributed by atoms with Gasteiger partial charge in [-0.15, -0.1) is 0 Å². The molecule has 0 saturated carbocycles. The van der Waals surface area contributed by atoms with Crippen LogP contribution in [0.1, 0.15) is 19.5 Å². The zero-order chi connectivity index (χ0) is 10.8. The van der Waals surface area contributed by atoms with Crippen LogP contribution in [-0.2, 0) is 0 Å². The molecule has 1 N–H and O–H groups in total. The van der Waals surface area contributed by atoms with Crippen LogP contribution in [0.3, 0.4) is 0 Å². The maximum Gasteiger partial charge on any atom is 0.132 e. The topological polar surface area (TPSA) is 41.0 Å². The lowest BCUT2D eigenvalue weighted by molar-refractivity contribution is 0.422. The molecule has 1 fully saturated rings. The third kappa shape index (κ3) is 2.26. The Morgan fingerprint density at radius 2 is 2.20 bits per heavy atom. The van der Waals surface area contributed by atoms with E-state index >= 15 is 0 Å². The van der Waals surface area contributed by atoms with E-state index in [0.717, 1.165) is 24.6 Å². The van der Waals surface area contributed by atoms with Gasteiger partial charge in [-0.3, -0.25) is 0 Å². The molecule has 82 valence electrons. The molecular formula is C11H18N4. The molecule has 15 heavy (non-hydrogen) atoms. The van der Waals surface area contributed by atoms with Gasteiger partial charge < -0.3 is 10.2 Å². The van der Waals surface area contributed by atoms with E-state index in [4.69, 9.17) is 0 Å². The molecule has 0 amide bonds. The van der Waals surface area contributed by atoms with E-state index in [0.29, 0.717) is 12.1 Å². The molecule has 0 bridgehead atoms. The number of aromatic nitrogens is 2. The van der Waals surface area contributed by atoms with Crippen LogP contribution in [-0.4, -0.2) is 35.1 Å². The Morgan fingerprint density at radius 3 is 2.93 bits per heavy atom. The summed E-state index contributed by atoms with van der Waals surface area (Å²) in [6.07, 6.45) is 1.64.